The summed E-state index contributed by atoms with van der Waals surface area (Å²) >= 11 is 0. The number of hydrogen-bond donors (Lipinski definition) is 3. The van der Waals surface area contributed by atoms with Gasteiger partial charge in [0.15, 0.2) is 5.69 Å². The Morgan fingerprint density at radius 1 is 1.47 bits per heavy atom. The standard InChI is InChI=1S/C9H9N5O3/c15-9(10-5-6-3-4-11-13-6)7-1-2-8(12-7)14(16)17/h1-4,12H,5H2,(H,10,15)(H,11,13). The molecule has 0 atom stereocenters. The summed E-state index contributed by atoms with van der Waals surface area (Å²) in [5, 5.41) is 19.4. The highest BCUT2D eigenvalue weighted by Crippen LogP contribution is 2.09. The minimum atomic E-state index is -0.592. The molecule has 2 heterocycles. The van der Waals surface area contributed by atoms with Gasteiger partial charge in [0.2, 0.25) is 0 Å². The zero-order valence-electron chi connectivity index (χ0n) is 8.64. The van der Waals surface area contributed by atoms with E-state index in [1.165, 1.54) is 12.1 Å². The molecule has 2 aromatic heterocycles. The first-order valence-corrected chi connectivity index (χ1v) is 4.76. The van der Waals surface area contributed by atoms with Gasteiger partial charge in [0.25, 0.3) is 5.91 Å². The molecule has 0 spiro atoms. The van der Waals surface area contributed by atoms with E-state index in [4.69, 9.17) is 0 Å². The Morgan fingerprint density at radius 2 is 2.29 bits per heavy atom. The molecule has 2 rings (SSSR count). The molecule has 0 radical (unpaired) electrons. The topological polar surface area (TPSA) is 117 Å². The molecular weight excluding hydrogens is 226 g/mol. The number of nitrogens with one attached hydrogen (secondary N) is 3. The Labute approximate surface area is 95.2 Å². The fraction of sp³-hybridized carbons (Fsp3) is 0.111. The van der Waals surface area contributed by atoms with Crippen LogP contribution in [0.15, 0.2) is 24.4 Å². The van der Waals surface area contributed by atoms with Gasteiger partial charge in [0, 0.05) is 12.3 Å². The summed E-state index contributed by atoms with van der Waals surface area (Å²) in [5.41, 5.74) is 0.899. The van der Waals surface area contributed by atoms with Gasteiger partial charge in [-0.15, -0.1) is 0 Å². The molecule has 17 heavy (non-hydrogen) atoms. The summed E-state index contributed by atoms with van der Waals surface area (Å²) in [6.45, 7) is 0.283. The predicted molar refractivity (Wildman–Crippen MR) is 57.2 cm³/mol. The highest BCUT2D eigenvalue weighted by Gasteiger charge is 2.14. The van der Waals surface area contributed by atoms with Gasteiger partial charge in [0.05, 0.1) is 12.2 Å². The Kier molecular flexibility index (Phi) is 2.86. The van der Waals surface area contributed by atoms with E-state index in [9.17, 15) is 14.9 Å². The quantitative estimate of drug-likeness (QED) is 0.530. The molecule has 8 nitrogen and oxygen atoms in total. The molecule has 0 saturated heterocycles. The summed E-state index contributed by atoms with van der Waals surface area (Å²) in [4.78, 5) is 23.8. The zero-order valence-corrected chi connectivity index (χ0v) is 8.64. The van der Waals surface area contributed by atoms with E-state index in [1.54, 1.807) is 12.3 Å². The van der Waals surface area contributed by atoms with Crippen LogP contribution in [0.2, 0.25) is 0 Å². The number of aromatic nitrogens is 3. The second-order valence-corrected chi connectivity index (χ2v) is 3.28. The van der Waals surface area contributed by atoms with Crippen molar-refractivity contribution in [1.82, 2.24) is 20.5 Å². The van der Waals surface area contributed by atoms with E-state index in [0.717, 1.165) is 5.69 Å². The van der Waals surface area contributed by atoms with E-state index < -0.39 is 10.8 Å². The smallest absolute Gasteiger partial charge is 0.321 e. The van der Waals surface area contributed by atoms with Crippen molar-refractivity contribution in [3.63, 3.8) is 0 Å². The van der Waals surface area contributed by atoms with Crippen molar-refractivity contribution in [2.75, 3.05) is 0 Å². The molecule has 0 fully saturated rings. The average Bonchev–Trinajstić information content (AvgIpc) is 2.96. The van der Waals surface area contributed by atoms with E-state index >= 15 is 0 Å². The number of carbonyl (C=O) groups is 1. The third-order valence-electron chi connectivity index (χ3n) is 2.11. The molecule has 0 aromatic carbocycles. The van der Waals surface area contributed by atoms with Crippen LogP contribution >= 0.6 is 0 Å². The largest absolute Gasteiger partial charge is 0.358 e. The molecule has 0 aliphatic rings. The van der Waals surface area contributed by atoms with Crippen LogP contribution in [0, 0.1) is 10.1 Å². The Morgan fingerprint density at radius 3 is 2.88 bits per heavy atom. The van der Waals surface area contributed by atoms with Crippen molar-refractivity contribution in [3.8, 4) is 0 Å². The SMILES string of the molecule is O=C(NCc1ccn[nH]1)c1ccc([N+](=O)[O-])[nH]1. The summed E-state index contributed by atoms with van der Waals surface area (Å²) in [6, 6.07) is 4.32. The number of H-pyrrole nitrogens is 2. The molecule has 0 aliphatic carbocycles. The van der Waals surface area contributed by atoms with Crippen LogP contribution in [0.25, 0.3) is 0 Å². The molecular formula is C9H9N5O3. The summed E-state index contributed by atoms with van der Waals surface area (Å²) in [6.07, 6.45) is 1.57. The molecule has 8 heteroatoms. The van der Waals surface area contributed by atoms with Crippen LogP contribution in [0.1, 0.15) is 16.2 Å². The molecule has 0 bridgehead atoms. The lowest BCUT2D eigenvalue weighted by Gasteiger charge is -1.99. The fourth-order valence-electron chi connectivity index (χ4n) is 1.28. The molecule has 0 unspecified atom stereocenters. The Bertz CT molecular complexity index is 531. The van der Waals surface area contributed by atoms with Crippen molar-refractivity contribution in [3.05, 3.63) is 45.9 Å². The van der Waals surface area contributed by atoms with Gasteiger partial charge < -0.3 is 15.4 Å². The highest BCUT2D eigenvalue weighted by molar-refractivity contribution is 5.92. The van der Waals surface area contributed by atoms with Crippen molar-refractivity contribution in [1.29, 1.82) is 0 Å². The normalized spacial score (nSPS) is 10.1. The monoisotopic (exact) mass is 235 g/mol. The van der Waals surface area contributed by atoms with E-state index in [-0.39, 0.29) is 18.1 Å². The number of hydrogen-bond acceptors (Lipinski definition) is 4. The number of nitro groups is 1. The van der Waals surface area contributed by atoms with Crippen LogP contribution in [0.5, 0.6) is 0 Å². The van der Waals surface area contributed by atoms with Crippen molar-refractivity contribution in [2.24, 2.45) is 0 Å². The van der Waals surface area contributed by atoms with E-state index in [2.05, 4.69) is 20.5 Å². The van der Waals surface area contributed by atoms with Crippen molar-refractivity contribution in [2.45, 2.75) is 6.54 Å². The van der Waals surface area contributed by atoms with Crippen molar-refractivity contribution >= 4 is 11.7 Å². The molecule has 0 aliphatic heterocycles. The van der Waals surface area contributed by atoms with Crippen LogP contribution < -0.4 is 5.32 Å². The zero-order chi connectivity index (χ0) is 12.3. The second kappa shape index (κ2) is 4.47. The van der Waals surface area contributed by atoms with Crippen LogP contribution in [0.3, 0.4) is 0 Å². The van der Waals surface area contributed by atoms with Gasteiger partial charge in [0.1, 0.15) is 0 Å². The fourth-order valence-corrected chi connectivity index (χ4v) is 1.28. The number of carbonyl (C=O) groups excluding carboxylic acids is 1. The number of aromatic amines is 2. The van der Waals surface area contributed by atoms with E-state index in [1.807, 2.05) is 0 Å². The summed E-state index contributed by atoms with van der Waals surface area (Å²) < 4.78 is 0. The third-order valence-corrected chi connectivity index (χ3v) is 2.11. The van der Waals surface area contributed by atoms with Gasteiger partial charge in [-0.2, -0.15) is 5.10 Å². The lowest BCUT2D eigenvalue weighted by molar-refractivity contribution is -0.389. The first kappa shape index (κ1) is 10.9. The molecule has 2 aromatic rings. The first-order chi connectivity index (χ1) is 8.16. The molecule has 88 valence electrons. The predicted octanol–water partition coefficient (Wildman–Crippen LogP) is 0.576. The summed E-state index contributed by atoms with van der Waals surface area (Å²) in [7, 11) is 0. The highest BCUT2D eigenvalue weighted by atomic mass is 16.6. The number of rotatable bonds is 4. The van der Waals surface area contributed by atoms with Gasteiger partial charge in [-0.1, -0.05) is 0 Å². The minimum absolute atomic E-state index is 0.149. The first-order valence-electron chi connectivity index (χ1n) is 4.76. The molecule has 3 N–H and O–H groups in total. The number of amides is 1. The van der Waals surface area contributed by atoms with Crippen LogP contribution in [-0.4, -0.2) is 26.0 Å². The Balaban J connectivity index is 1.97. The maximum Gasteiger partial charge on any atom is 0.321 e. The lowest BCUT2D eigenvalue weighted by Crippen LogP contribution is -2.23. The van der Waals surface area contributed by atoms with Crippen LogP contribution in [0.4, 0.5) is 5.82 Å². The van der Waals surface area contributed by atoms with Gasteiger partial charge in [-0.25, -0.2) is 4.98 Å². The van der Waals surface area contributed by atoms with Gasteiger partial charge in [-0.05, 0) is 17.1 Å². The Hall–Kier alpha value is -2.64. The summed E-state index contributed by atoms with van der Waals surface area (Å²) in [5.74, 6) is -0.621. The second-order valence-electron chi connectivity index (χ2n) is 3.28. The minimum Gasteiger partial charge on any atom is -0.358 e. The number of nitrogens with zero attached hydrogens (tertiary/aromatic N) is 2. The van der Waals surface area contributed by atoms with Crippen molar-refractivity contribution < 1.29 is 9.72 Å². The van der Waals surface area contributed by atoms with E-state index in [0.29, 0.717) is 0 Å². The maximum absolute atomic E-state index is 11.6. The van der Waals surface area contributed by atoms with Gasteiger partial charge in [-0.3, -0.25) is 9.89 Å². The average molecular weight is 235 g/mol. The van der Waals surface area contributed by atoms with Crippen LogP contribution in [-0.2, 0) is 6.54 Å². The molecule has 0 saturated carbocycles. The molecule has 1 amide bonds. The van der Waals surface area contributed by atoms with Gasteiger partial charge >= 0.3 is 5.82 Å². The maximum atomic E-state index is 11.6. The lowest BCUT2D eigenvalue weighted by atomic mass is 10.4. The third kappa shape index (κ3) is 2.48.